The second kappa shape index (κ2) is 5.65. The summed E-state index contributed by atoms with van der Waals surface area (Å²) in [7, 11) is 3.11. The number of aryl methyl sites for hydroxylation is 1. The third-order valence-corrected chi connectivity index (χ3v) is 3.18. The molecule has 0 fully saturated rings. The lowest BCUT2D eigenvalue weighted by atomic mass is 9.95. The Kier molecular flexibility index (Phi) is 3.94. The first kappa shape index (κ1) is 13.9. The smallest absolute Gasteiger partial charge is 0.336 e. The molecule has 0 atom stereocenters. The summed E-state index contributed by atoms with van der Waals surface area (Å²) in [6, 6.07) is 10.6. The van der Waals surface area contributed by atoms with E-state index >= 15 is 0 Å². The number of ether oxygens (including phenoxy) is 2. The summed E-state index contributed by atoms with van der Waals surface area (Å²) in [5.74, 6) is 0.295. The van der Waals surface area contributed by atoms with E-state index in [2.05, 4.69) is 0 Å². The molecule has 0 bridgehead atoms. The molecule has 0 unspecified atom stereocenters. The van der Waals surface area contributed by atoms with Gasteiger partial charge in [0.2, 0.25) is 0 Å². The summed E-state index contributed by atoms with van der Waals surface area (Å²) in [6.07, 6.45) is 0. The van der Waals surface area contributed by atoms with E-state index in [1.54, 1.807) is 19.2 Å². The van der Waals surface area contributed by atoms with Crippen LogP contribution in [0, 0.1) is 6.92 Å². The number of rotatable bonds is 4. The molecule has 4 heteroatoms. The molecule has 0 spiro atoms. The van der Waals surface area contributed by atoms with Crippen LogP contribution in [0.25, 0.3) is 11.1 Å². The van der Waals surface area contributed by atoms with E-state index in [1.807, 2.05) is 25.1 Å². The van der Waals surface area contributed by atoms with E-state index in [0.717, 1.165) is 16.9 Å². The lowest BCUT2D eigenvalue weighted by molar-refractivity contribution is 0.0697. The van der Waals surface area contributed by atoms with Crippen LogP contribution in [0.5, 0.6) is 11.5 Å². The van der Waals surface area contributed by atoms with E-state index < -0.39 is 5.97 Å². The van der Waals surface area contributed by atoms with Crippen molar-refractivity contribution in [2.45, 2.75) is 6.92 Å². The molecule has 0 aliphatic carbocycles. The van der Waals surface area contributed by atoms with Crippen LogP contribution < -0.4 is 9.47 Å². The van der Waals surface area contributed by atoms with Crippen molar-refractivity contribution in [1.82, 2.24) is 0 Å². The maximum absolute atomic E-state index is 11.4. The summed E-state index contributed by atoms with van der Waals surface area (Å²) in [4.78, 5) is 11.4. The number of carbonyl (C=O) groups is 1. The zero-order chi connectivity index (χ0) is 14.7. The van der Waals surface area contributed by atoms with Crippen molar-refractivity contribution in [2.24, 2.45) is 0 Å². The van der Waals surface area contributed by atoms with Crippen molar-refractivity contribution >= 4 is 5.97 Å². The molecule has 1 N–H and O–H groups in total. The van der Waals surface area contributed by atoms with Gasteiger partial charge in [0.1, 0.15) is 11.5 Å². The predicted molar refractivity (Wildman–Crippen MR) is 76.7 cm³/mol. The van der Waals surface area contributed by atoms with Crippen LogP contribution in [-0.4, -0.2) is 25.3 Å². The summed E-state index contributed by atoms with van der Waals surface area (Å²) in [5.41, 5.74) is 2.71. The van der Waals surface area contributed by atoms with E-state index in [0.29, 0.717) is 11.3 Å². The largest absolute Gasteiger partial charge is 0.497 e. The SMILES string of the molecule is COc1ccc(-c2ccc(OC)cc2C(=O)O)c(C)c1. The van der Waals surface area contributed by atoms with Crippen molar-refractivity contribution in [3.8, 4) is 22.6 Å². The third-order valence-electron chi connectivity index (χ3n) is 3.18. The Morgan fingerprint density at radius 2 is 1.50 bits per heavy atom. The van der Waals surface area contributed by atoms with Crippen molar-refractivity contribution in [3.63, 3.8) is 0 Å². The summed E-state index contributed by atoms with van der Waals surface area (Å²) in [6.45, 7) is 1.92. The maximum atomic E-state index is 11.4. The molecule has 0 aromatic heterocycles. The molecule has 2 aromatic carbocycles. The first-order valence-electron chi connectivity index (χ1n) is 6.13. The van der Waals surface area contributed by atoms with Gasteiger partial charge in [0.05, 0.1) is 19.8 Å². The number of hydrogen-bond donors (Lipinski definition) is 1. The number of carboxylic acids is 1. The van der Waals surface area contributed by atoms with Gasteiger partial charge in [-0.05, 0) is 53.9 Å². The molecule has 104 valence electrons. The van der Waals surface area contributed by atoms with Crippen LogP contribution in [0.15, 0.2) is 36.4 Å². The zero-order valence-electron chi connectivity index (χ0n) is 11.6. The fourth-order valence-corrected chi connectivity index (χ4v) is 2.13. The number of methoxy groups -OCH3 is 2. The highest BCUT2D eigenvalue weighted by Crippen LogP contribution is 2.31. The van der Waals surface area contributed by atoms with E-state index in [1.165, 1.54) is 13.2 Å². The minimum absolute atomic E-state index is 0.220. The van der Waals surface area contributed by atoms with Gasteiger partial charge in [-0.15, -0.1) is 0 Å². The summed E-state index contributed by atoms with van der Waals surface area (Å²) >= 11 is 0. The number of aromatic carboxylic acids is 1. The average molecular weight is 272 g/mol. The Morgan fingerprint density at radius 1 is 0.950 bits per heavy atom. The summed E-state index contributed by atoms with van der Waals surface area (Å²) in [5, 5.41) is 9.36. The van der Waals surface area contributed by atoms with Gasteiger partial charge in [-0.2, -0.15) is 0 Å². The van der Waals surface area contributed by atoms with Gasteiger partial charge in [0.15, 0.2) is 0 Å². The second-order valence-electron chi connectivity index (χ2n) is 4.40. The van der Waals surface area contributed by atoms with E-state index in [9.17, 15) is 9.90 Å². The average Bonchev–Trinajstić information content (AvgIpc) is 2.46. The second-order valence-corrected chi connectivity index (χ2v) is 4.40. The fraction of sp³-hybridized carbons (Fsp3) is 0.188. The number of hydrogen-bond acceptors (Lipinski definition) is 3. The van der Waals surface area contributed by atoms with Crippen molar-refractivity contribution in [3.05, 3.63) is 47.5 Å². The predicted octanol–water partition coefficient (Wildman–Crippen LogP) is 3.38. The fourth-order valence-electron chi connectivity index (χ4n) is 2.13. The third kappa shape index (κ3) is 2.59. The minimum Gasteiger partial charge on any atom is -0.497 e. The number of carboxylic acid groups (broad SMARTS) is 1. The Morgan fingerprint density at radius 3 is 2.00 bits per heavy atom. The molecule has 2 rings (SSSR count). The van der Waals surface area contributed by atoms with E-state index in [-0.39, 0.29) is 5.56 Å². The zero-order valence-corrected chi connectivity index (χ0v) is 11.6. The van der Waals surface area contributed by atoms with E-state index in [4.69, 9.17) is 9.47 Å². The Bertz CT molecular complexity index is 647. The molecule has 0 saturated heterocycles. The minimum atomic E-state index is -0.978. The Labute approximate surface area is 117 Å². The monoisotopic (exact) mass is 272 g/mol. The molecule has 4 nitrogen and oxygen atoms in total. The Hall–Kier alpha value is -2.49. The van der Waals surface area contributed by atoms with Crippen molar-refractivity contribution in [1.29, 1.82) is 0 Å². The molecule has 0 aliphatic rings. The Balaban J connectivity index is 2.60. The van der Waals surface area contributed by atoms with Crippen LogP contribution in [0.4, 0.5) is 0 Å². The molecule has 0 aliphatic heterocycles. The van der Waals surface area contributed by atoms with Gasteiger partial charge in [0, 0.05) is 0 Å². The van der Waals surface area contributed by atoms with Gasteiger partial charge < -0.3 is 14.6 Å². The van der Waals surface area contributed by atoms with Crippen LogP contribution in [0.1, 0.15) is 15.9 Å². The van der Waals surface area contributed by atoms with Crippen LogP contribution in [0.2, 0.25) is 0 Å². The molecule has 20 heavy (non-hydrogen) atoms. The van der Waals surface area contributed by atoms with Crippen LogP contribution >= 0.6 is 0 Å². The molecule has 0 amide bonds. The standard InChI is InChI=1S/C16H16O4/c1-10-8-11(19-2)4-6-13(10)14-7-5-12(20-3)9-15(14)16(17)18/h4-9H,1-3H3,(H,17,18). The highest BCUT2D eigenvalue weighted by atomic mass is 16.5. The van der Waals surface area contributed by atoms with Gasteiger partial charge in [-0.1, -0.05) is 6.07 Å². The van der Waals surface area contributed by atoms with Gasteiger partial charge in [-0.3, -0.25) is 0 Å². The summed E-state index contributed by atoms with van der Waals surface area (Å²) < 4.78 is 10.2. The highest BCUT2D eigenvalue weighted by Gasteiger charge is 2.14. The van der Waals surface area contributed by atoms with Crippen molar-refractivity contribution in [2.75, 3.05) is 14.2 Å². The lowest BCUT2D eigenvalue weighted by Gasteiger charge is -2.12. The molecular formula is C16H16O4. The first-order valence-corrected chi connectivity index (χ1v) is 6.13. The first-order chi connectivity index (χ1) is 9.56. The molecular weight excluding hydrogens is 256 g/mol. The van der Waals surface area contributed by atoms with Crippen molar-refractivity contribution < 1.29 is 19.4 Å². The highest BCUT2D eigenvalue weighted by molar-refractivity contribution is 5.97. The molecule has 0 heterocycles. The number of benzene rings is 2. The lowest BCUT2D eigenvalue weighted by Crippen LogP contribution is -2.01. The van der Waals surface area contributed by atoms with Gasteiger partial charge >= 0.3 is 5.97 Å². The van der Waals surface area contributed by atoms with Gasteiger partial charge in [-0.25, -0.2) is 4.79 Å². The normalized spacial score (nSPS) is 10.2. The van der Waals surface area contributed by atoms with Crippen LogP contribution in [0.3, 0.4) is 0 Å². The quantitative estimate of drug-likeness (QED) is 0.927. The van der Waals surface area contributed by atoms with Gasteiger partial charge in [0.25, 0.3) is 0 Å². The molecule has 2 aromatic rings. The molecule has 0 radical (unpaired) electrons. The maximum Gasteiger partial charge on any atom is 0.336 e. The molecule has 0 saturated carbocycles. The topological polar surface area (TPSA) is 55.8 Å². The van der Waals surface area contributed by atoms with Crippen LogP contribution in [-0.2, 0) is 0 Å².